The highest BCUT2D eigenvalue weighted by atomic mass is 16.5. The van der Waals surface area contributed by atoms with E-state index in [0.717, 1.165) is 12.1 Å². The van der Waals surface area contributed by atoms with E-state index in [2.05, 4.69) is 10.5 Å². The van der Waals surface area contributed by atoms with Crippen molar-refractivity contribution < 1.29 is 19.1 Å². The molecule has 1 aromatic carbocycles. The van der Waals surface area contributed by atoms with Crippen molar-refractivity contribution in [1.29, 1.82) is 0 Å². The number of hydrazone groups is 1. The summed E-state index contributed by atoms with van der Waals surface area (Å²) in [5.41, 5.74) is 3.55. The molecule has 0 heterocycles. The van der Waals surface area contributed by atoms with Gasteiger partial charge >= 0.3 is 5.97 Å². The second-order valence-electron chi connectivity index (χ2n) is 4.54. The van der Waals surface area contributed by atoms with Crippen LogP contribution < -0.4 is 10.2 Å². The van der Waals surface area contributed by atoms with Crippen LogP contribution in [-0.4, -0.2) is 30.8 Å². The highest BCUT2D eigenvalue weighted by Gasteiger charge is 2.07. The minimum atomic E-state index is -0.367. The molecule has 0 saturated heterocycles. The molecule has 6 heteroatoms. The summed E-state index contributed by atoms with van der Waals surface area (Å²) in [6.07, 6.45) is 0.780. The summed E-state index contributed by atoms with van der Waals surface area (Å²) in [4.78, 5) is 23.0. The Kier molecular flexibility index (Phi) is 6.94. The van der Waals surface area contributed by atoms with E-state index in [1.54, 1.807) is 38.1 Å². The molecule has 1 aromatic rings. The predicted octanol–water partition coefficient (Wildman–Crippen LogP) is 2.14. The monoisotopic (exact) mass is 292 g/mol. The molecule has 0 saturated carbocycles. The Hall–Kier alpha value is -2.37. The molecule has 114 valence electrons. The fourth-order valence-electron chi connectivity index (χ4n) is 1.32. The van der Waals surface area contributed by atoms with E-state index >= 15 is 0 Å². The minimum absolute atomic E-state index is 0.142. The number of ether oxygens (including phenoxy) is 2. The lowest BCUT2D eigenvalue weighted by Gasteiger charge is -2.06. The number of benzene rings is 1. The molecule has 1 amide bonds. The summed E-state index contributed by atoms with van der Waals surface area (Å²) in [7, 11) is 0. The number of rotatable bonds is 7. The van der Waals surface area contributed by atoms with Crippen molar-refractivity contribution in [2.75, 3.05) is 13.2 Å². The van der Waals surface area contributed by atoms with Crippen molar-refractivity contribution in [2.24, 2.45) is 5.10 Å². The summed E-state index contributed by atoms with van der Waals surface area (Å²) in [6, 6.07) is 6.42. The van der Waals surface area contributed by atoms with E-state index in [4.69, 9.17) is 9.47 Å². The van der Waals surface area contributed by atoms with Gasteiger partial charge in [-0.15, -0.1) is 0 Å². The smallest absolute Gasteiger partial charge is 0.338 e. The van der Waals surface area contributed by atoms with Gasteiger partial charge in [-0.05, 0) is 44.5 Å². The van der Waals surface area contributed by atoms with Gasteiger partial charge < -0.3 is 9.47 Å². The van der Waals surface area contributed by atoms with Crippen LogP contribution in [0.5, 0.6) is 5.75 Å². The number of hydrogen-bond donors (Lipinski definition) is 1. The first-order valence-corrected chi connectivity index (χ1v) is 6.72. The first kappa shape index (κ1) is 16.7. The molecule has 0 aromatic heterocycles. The van der Waals surface area contributed by atoms with Gasteiger partial charge in [0.25, 0.3) is 5.91 Å². The number of amides is 1. The number of carbonyl (C=O) groups excluding carboxylic acids is 2. The van der Waals surface area contributed by atoms with Crippen molar-refractivity contribution >= 4 is 17.6 Å². The van der Waals surface area contributed by atoms with Crippen LogP contribution in [0.4, 0.5) is 0 Å². The first-order chi connectivity index (χ1) is 10.0. The molecule has 0 fully saturated rings. The quantitative estimate of drug-likeness (QED) is 0.474. The molecule has 0 spiro atoms. The Morgan fingerprint density at radius 1 is 1.19 bits per heavy atom. The van der Waals surface area contributed by atoms with E-state index in [1.807, 2.05) is 6.92 Å². The minimum Gasteiger partial charge on any atom is -0.484 e. The Morgan fingerprint density at radius 2 is 1.86 bits per heavy atom. The molecule has 0 aliphatic carbocycles. The number of hydrogen-bond acceptors (Lipinski definition) is 5. The van der Waals surface area contributed by atoms with Gasteiger partial charge in [0.2, 0.25) is 0 Å². The number of nitrogens with one attached hydrogen (secondary N) is 1. The molecular weight excluding hydrogens is 272 g/mol. The Morgan fingerprint density at radius 3 is 2.43 bits per heavy atom. The normalized spacial score (nSPS) is 9.67. The van der Waals surface area contributed by atoms with Crippen molar-refractivity contribution in [2.45, 2.75) is 27.2 Å². The lowest BCUT2D eigenvalue weighted by molar-refractivity contribution is -0.123. The second-order valence-corrected chi connectivity index (χ2v) is 4.54. The standard InChI is InChI=1S/C15H20N2O4/c1-4-9-20-15(19)12-5-7-13(8-6-12)21-10-14(18)17-16-11(2)3/h5-8H,4,9-10H2,1-3H3,(H,17,18). The Labute approximate surface area is 124 Å². The molecule has 0 atom stereocenters. The topological polar surface area (TPSA) is 77.0 Å². The van der Waals surface area contributed by atoms with Crippen molar-refractivity contribution in [3.05, 3.63) is 29.8 Å². The van der Waals surface area contributed by atoms with Gasteiger partial charge in [0.1, 0.15) is 5.75 Å². The van der Waals surface area contributed by atoms with Gasteiger partial charge in [-0.2, -0.15) is 5.10 Å². The molecular formula is C15H20N2O4. The third kappa shape index (κ3) is 6.56. The van der Waals surface area contributed by atoms with Crippen LogP contribution in [0.2, 0.25) is 0 Å². The van der Waals surface area contributed by atoms with Crippen LogP contribution in [-0.2, 0) is 9.53 Å². The number of esters is 1. The van der Waals surface area contributed by atoms with Crippen molar-refractivity contribution in [3.8, 4) is 5.75 Å². The average molecular weight is 292 g/mol. The molecule has 0 unspecified atom stereocenters. The fraction of sp³-hybridized carbons (Fsp3) is 0.400. The highest BCUT2D eigenvalue weighted by molar-refractivity contribution is 5.89. The summed E-state index contributed by atoms with van der Waals surface area (Å²) in [6.45, 7) is 5.74. The maximum absolute atomic E-state index is 11.6. The highest BCUT2D eigenvalue weighted by Crippen LogP contribution is 2.13. The predicted molar refractivity (Wildman–Crippen MR) is 79.4 cm³/mol. The van der Waals surface area contributed by atoms with E-state index in [-0.39, 0.29) is 18.5 Å². The molecule has 0 aliphatic heterocycles. The molecule has 1 rings (SSSR count). The van der Waals surface area contributed by atoms with Gasteiger partial charge in [0.15, 0.2) is 6.61 Å². The van der Waals surface area contributed by atoms with Crippen LogP contribution in [0.3, 0.4) is 0 Å². The number of carbonyl (C=O) groups is 2. The van der Waals surface area contributed by atoms with Crippen LogP contribution in [0.1, 0.15) is 37.6 Å². The maximum Gasteiger partial charge on any atom is 0.338 e. The molecule has 1 N–H and O–H groups in total. The van der Waals surface area contributed by atoms with Crippen molar-refractivity contribution in [3.63, 3.8) is 0 Å². The zero-order valence-electron chi connectivity index (χ0n) is 12.5. The summed E-state index contributed by atoms with van der Waals surface area (Å²) < 4.78 is 10.3. The Balaban J connectivity index is 2.46. The van der Waals surface area contributed by atoms with E-state index in [9.17, 15) is 9.59 Å². The molecule has 21 heavy (non-hydrogen) atoms. The average Bonchev–Trinajstić information content (AvgIpc) is 2.49. The summed E-state index contributed by atoms with van der Waals surface area (Å²) in [5.74, 6) is -0.217. The molecule has 0 radical (unpaired) electrons. The van der Waals surface area contributed by atoms with E-state index in [0.29, 0.717) is 17.9 Å². The third-order valence-electron chi connectivity index (χ3n) is 2.30. The van der Waals surface area contributed by atoms with Gasteiger partial charge in [0, 0.05) is 5.71 Å². The molecule has 0 aliphatic rings. The zero-order chi connectivity index (χ0) is 15.7. The van der Waals surface area contributed by atoms with Gasteiger partial charge in [-0.25, -0.2) is 10.2 Å². The zero-order valence-corrected chi connectivity index (χ0v) is 12.5. The van der Waals surface area contributed by atoms with Crippen LogP contribution in [0.25, 0.3) is 0 Å². The summed E-state index contributed by atoms with van der Waals surface area (Å²) in [5, 5.41) is 3.78. The van der Waals surface area contributed by atoms with E-state index in [1.165, 1.54) is 0 Å². The van der Waals surface area contributed by atoms with E-state index < -0.39 is 0 Å². The molecule has 0 bridgehead atoms. The van der Waals surface area contributed by atoms with Crippen molar-refractivity contribution in [1.82, 2.24) is 5.43 Å². The van der Waals surface area contributed by atoms with Crippen LogP contribution >= 0.6 is 0 Å². The van der Waals surface area contributed by atoms with Gasteiger partial charge in [-0.3, -0.25) is 4.79 Å². The molecule has 6 nitrogen and oxygen atoms in total. The SMILES string of the molecule is CCCOC(=O)c1ccc(OCC(=O)NN=C(C)C)cc1. The lowest BCUT2D eigenvalue weighted by atomic mass is 10.2. The van der Waals surface area contributed by atoms with Gasteiger partial charge in [0.05, 0.1) is 12.2 Å². The first-order valence-electron chi connectivity index (χ1n) is 6.72. The second kappa shape index (κ2) is 8.73. The van der Waals surface area contributed by atoms with Gasteiger partial charge in [-0.1, -0.05) is 6.92 Å². The fourth-order valence-corrected chi connectivity index (χ4v) is 1.32. The maximum atomic E-state index is 11.6. The summed E-state index contributed by atoms with van der Waals surface area (Å²) >= 11 is 0. The lowest BCUT2D eigenvalue weighted by Crippen LogP contribution is -2.25. The third-order valence-corrected chi connectivity index (χ3v) is 2.30. The van der Waals surface area contributed by atoms with Crippen LogP contribution in [0.15, 0.2) is 29.4 Å². The largest absolute Gasteiger partial charge is 0.484 e. The number of nitrogens with zero attached hydrogens (tertiary/aromatic N) is 1. The van der Waals surface area contributed by atoms with Crippen LogP contribution in [0, 0.1) is 0 Å². The Bertz CT molecular complexity index is 505.